The number of nitrogens with one attached hydrogen (secondary N) is 6. The van der Waals surface area contributed by atoms with Crippen LogP contribution in [0.25, 0.3) is 0 Å². The number of carboxylic acid groups (broad SMARTS) is 2. The Morgan fingerprint density at radius 1 is 0.705 bits per heavy atom. The van der Waals surface area contributed by atoms with Crippen LogP contribution >= 0.6 is 0 Å². The quantitative estimate of drug-likeness (QED) is 0.0435. The number of likely N-dealkylation sites (tertiary alicyclic amines) is 1. The molecule has 26 heteroatoms. The van der Waals surface area contributed by atoms with Crippen molar-refractivity contribution < 1.29 is 77.2 Å². The zero-order valence-electron chi connectivity index (χ0n) is 53.3. The monoisotopic (exact) mass is 1240 g/mol. The molecular formula is C62H96N10O16. The van der Waals surface area contributed by atoms with Gasteiger partial charge >= 0.3 is 24.1 Å². The first-order chi connectivity index (χ1) is 41.5. The minimum Gasteiger partial charge on any atom is -0.481 e. The fourth-order valence-electron chi connectivity index (χ4n) is 10.9. The zero-order valence-corrected chi connectivity index (χ0v) is 53.3. The number of hydrogen-bond acceptors (Lipinski definition) is 14. The normalized spacial score (nSPS) is 16.5. The van der Waals surface area contributed by atoms with Gasteiger partial charge in [-0.15, -0.1) is 0 Å². The van der Waals surface area contributed by atoms with Crippen molar-refractivity contribution in [3.05, 3.63) is 65.7 Å². The van der Waals surface area contributed by atoms with Gasteiger partial charge in [-0.25, -0.2) is 14.4 Å². The molecule has 0 spiro atoms. The second kappa shape index (κ2) is 36.4. The van der Waals surface area contributed by atoms with Gasteiger partial charge in [0.15, 0.2) is 0 Å². The first kappa shape index (κ1) is 74.4. The molecule has 0 saturated carbocycles. The summed E-state index contributed by atoms with van der Waals surface area (Å²) in [4.78, 5) is 149. The largest absolute Gasteiger partial charge is 0.481 e. The number of nitrogens with two attached hydrogens (primary N) is 1. The SMILES string of the molecule is CC[C@H](C)[C@@H]([C@@H](CC(=O)N1CCC[C@H]1[C@H](OC)[C@@H](C)C(=O)N[C@@H](Cc1ccccc1)C(=O)O)OC)N(C)C(=O)[C@@H](NC(=O)[C@H](C(C)C)N(C)C(=O)OCc1ccc(NC(=O)[C@H](CCCNC(N)=O)NC(=O)[C@@H](NC(=O)CCC(=O)O)C(C)C)cc1)C(C)C. The number of methoxy groups -OCH3 is 2. The molecule has 1 aliphatic heterocycles. The molecule has 10 amide bonds. The van der Waals surface area contributed by atoms with Gasteiger partial charge in [-0.3, -0.25) is 43.3 Å². The molecule has 10 N–H and O–H groups in total. The van der Waals surface area contributed by atoms with E-state index in [1.54, 1.807) is 109 Å². The number of aliphatic carboxylic acids is 2. The Bertz CT molecular complexity index is 2660. The van der Waals surface area contributed by atoms with Gasteiger partial charge in [-0.2, -0.15) is 0 Å². The fourth-order valence-corrected chi connectivity index (χ4v) is 10.9. The lowest BCUT2D eigenvalue weighted by molar-refractivity contribution is -0.148. The highest BCUT2D eigenvalue weighted by atomic mass is 16.6. The van der Waals surface area contributed by atoms with Crippen LogP contribution in [0.2, 0.25) is 0 Å². The number of likely N-dealkylation sites (N-methyl/N-ethyl adjacent to an activating group) is 2. The Balaban J connectivity index is 1.72. The van der Waals surface area contributed by atoms with Crippen molar-refractivity contribution in [3.63, 3.8) is 0 Å². The summed E-state index contributed by atoms with van der Waals surface area (Å²) in [7, 11) is 5.94. The van der Waals surface area contributed by atoms with E-state index in [2.05, 4.69) is 31.9 Å². The van der Waals surface area contributed by atoms with Crippen molar-refractivity contribution in [1.82, 2.24) is 41.3 Å². The molecule has 11 atom stereocenters. The van der Waals surface area contributed by atoms with E-state index in [1.165, 1.54) is 26.2 Å². The maximum absolute atomic E-state index is 14.8. The number of carbonyl (C=O) groups is 11. The van der Waals surface area contributed by atoms with Gasteiger partial charge in [0, 0.05) is 59.9 Å². The molecule has 2 aromatic rings. The molecule has 26 nitrogen and oxygen atoms in total. The second-order valence-corrected chi connectivity index (χ2v) is 23.6. The number of rotatable bonds is 36. The van der Waals surface area contributed by atoms with Crippen molar-refractivity contribution >= 4 is 71.1 Å². The summed E-state index contributed by atoms with van der Waals surface area (Å²) in [6.45, 7) is 16.2. The highest BCUT2D eigenvalue weighted by molar-refractivity contribution is 5.99. The first-order valence-corrected chi connectivity index (χ1v) is 30.1. The third-order valence-electron chi connectivity index (χ3n) is 16.0. The Hall–Kier alpha value is -7.87. The number of benzene rings is 2. The van der Waals surface area contributed by atoms with Crippen LogP contribution < -0.4 is 37.6 Å². The number of urea groups is 1. The van der Waals surface area contributed by atoms with Gasteiger partial charge in [0.2, 0.25) is 41.4 Å². The average Bonchev–Trinajstić information content (AvgIpc) is 4.08. The van der Waals surface area contributed by atoms with Gasteiger partial charge in [-0.1, -0.05) is 111 Å². The number of ether oxygens (including phenoxy) is 3. The Labute approximate surface area is 516 Å². The number of carbonyl (C=O) groups excluding carboxylic acids is 9. The Morgan fingerprint density at radius 3 is 1.88 bits per heavy atom. The smallest absolute Gasteiger partial charge is 0.410 e. The molecule has 3 rings (SSSR count). The van der Waals surface area contributed by atoms with Gasteiger partial charge in [0.1, 0.15) is 36.8 Å². The highest BCUT2D eigenvalue weighted by Gasteiger charge is 2.44. The van der Waals surface area contributed by atoms with E-state index in [0.29, 0.717) is 37.1 Å². The summed E-state index contributed by atoms with van der Waals surface area (Å²) in [5.74, 6) is -8.60. The highest BCUT2D eigenvalue weighted by Crippen LogP contribution is 2.30. The van der Waals surface area contributed by atoms with E-state index in [-0.39, 0.29) is 57.1 Å². The third kappa shape index (κ3) is 22.7. The summed E-state index contributed by atoms with van der Waals surface area (Å²) in [5.41, 5.74) is 6.74. The lowest BCUT2D eigenvalue weighted by Crippen LogP contribution is -2.60. The van der Waals surface area contributed by atoms with Gasteiger partial charge in [-0.05, 0) is 72.6 Å². The van der Waals surface area contributed by atoms with E-state index in [4.69, 9.17) is 25.1 Å². The van der Waals surface area contributed by atoms with Crippen molar-refractivity contribution in [2.24, 2.45) is 35.3 Å². The van der Waals surface area contributed by atoms with Crippen LogP contribution in [0.1, 0.15) is 125 Å². The standard InChI is InChI=1S/C62H96N10O16/c1-14-38(8)53(46(86-12)33-48(74)72-31-19-23-45(72)54(87-13)39(9)55(77)67-44(60(82)83)32-40-20-16-15-17-21-40)70(10)59(81)51(36(4)5)69-58(80)52(37(6)7)71(11)62(85)88-34-41-24-26-42(27-25-41)65-56(78)43(22-18-30-64-61(63)84)66-57(79)50(35(2)3)68-47(73)28-29-49(75)76/h15-17,20-21,24-27,35-39,43-46,50-54H,14,18-19,22-23,28-34H2,1-13H3,(H,65,78)(H,66,79)(H,67,77)(H,68,73)(H,69,80)(H,75,76)(H,82,83)(H3,63,64,84)/t38-,39+,43-,44-,45-,46+,50-,51-,52-,53-,54+/m0/s1. The van der Waals surface area contributed by atoms with Gasteiger partial charge in [0.25, 0.3) is 0 Å². The predicted octanol–water partition coefficient (Wildman–Crippen LogP) is 4.03. The summed E-state index contributed by atoms with van der Waals surface area (Å²) in [5, 5.41) is 34.9. The Morgan fingerprint density at radius 2 is 1.33 bits per heavy atom. The molecule has 0 unspecified atom stereocenters. The summed E-state index contributed by atoms with van der Waals surface area (Å²) < 4.78 is 17.6. The van der Waals surface area contributed by atoms with Crippen LogP contribution in [0.3, 0.4) is 0 Å². The molecular weight excluding hydrogens is 1140 g/mol. The zero-order chi connectivity index (χ0) is 66.1. The van der Waals surface area contributed by atoms with E-state index in [9.17, 15) is 57.8 Å². The second-order valence-electron chi connectivity index (χ2n) is 23.6. The maximum Gasteiger partial charge on any atom is 0.410 e. The first-order valence-electron chi connectivity index (χ1n) is 30.1. The van der Waals surface area contributed by atoms with Crippen molar-refractivity contribution in [1.29, 1.82) is 0 Å². The number of anilines is 1. The summed E-state index contributed by atoms with van der Waals surface area (Å²) >= 11 is 0. The topological polar surface area (TPSA) is 364 Å². The van der Waals surface area contributed by atoms with Crippen LogP contribution in [-0.4, -0.2) is 186 Å². The number of hydrogen-bond donors (Lipinski definition) is 9. The van der Waals surface area contributed by atoms with Crippen molar-refractivity contribution in [2.75, 3.05) is 46.7 Å². The van der Waals surface area contributed by atoms with E-state index >= 15 is 0 Å². The van der Waals surface area contributed by atoms with Crippen LogP contribution in [0.5, 0.6) is 0 Å². The molecule has 2 aromatic carbocycles. The van der Waals surface area contributed by atoms with E-state index in [0.717, 1.165) is 10.5 Å². The van der Waals surface area contributed by atoms with Crippen molar-refractivity contribution in [3.8, 4) is 0 Å². The molecule has 490 valence electrons. The van der Waals surface area contributed by atoms with Crippen LogP contribution in [-0.2, 0) is 70.4 Å². The number of carboxylic acids is 2. The summed E-state index contributed by atoms with van der Waals surface area (Å²) in [6, 6.07) is 7.64. The third-order valence-corrected chi connectivity index (χ3v) is 16.0. The van der Waals surface area contributed by atoms with Crippen LogP contribution in [0, 0.1) is 29.6 Å². The maximum atomic E-state index is 14.8. The number of nitrogens with zero attached hydrogens (tertiary/aromatic N) is 3. The molecule has 1 saturated heterocycles. The van der Waals surface area contributed by atoms with Crippen LogP contribution in [0.15, 0.2) is 54.6 Å². The lowest BCUT2D eigenvalue weighted by atomic mass is 9.89. The molecule has 0 aromatic heterocycles. The number of amides is 10. The minimum absolute atomic E-state index is 0.0522. The molecule has 1 fully saturated rings. The molecule has 0 bridgehead atoms. The van der Waals surface area contributed by atoms with Gasteiger partial charge in [0.05, 0.1) is 43.1 Å². The summed E-state index contributed by atoms with van der Waals surface area (Å²) in [6.07, 6.45) is -1.26. The minimum atomic E-state index is -1.19. The van der Waals surface area contributed by atoms with Crippen molar-refractivity contribution in [2.45, 2.75) is 181 Å². The lowest BCUT2D eigenvalue weighted by Gasteiger charge is -2.41. The molecule has 1 heterocycles. The molecule has 0 radical (unpaired) electrons. The molecule has 88 heavy (non-hydrogen) atoms. The Kier molecular flexibility index (Phi) is 30.8. The fraction of sp³-hybridized carbons (Fsp3) is 0.629. The van der Waals surface area contributed by atoms with Crippen LogP contribution in [0.4, 0.5) is 15.3 Å². The van der Waals surface area contributed by atoms with E-state index in [1.807, 2.05) is 19.9 Å². The van der Waals surface area contributed by atoms with Gasteiger partial charge < -0.3 is 71.9 Å². The predicted molar refractivity (Wildman–Crippen MR) is 327 cm³/mol. The molecule has 1 aliphatic rings. The molecule has 0 aliphatic carbocycles. The average molecular weight is 1240 g/mol. The van der Waals surface area contributed by atoms with E-state index < -0.39 is 144 Å². The number of primary amides is 1.